The topological polar surface area (TPSA) is 71.7 Å². The molecule has 1 aliphatic rings. The molecule has 6 nitrogen and oxygen atoms in total. The highest BCUT2D eigenvalue weighted by molar-refractivity contribution is 7.91. The van der Waals surface area contributed by atoms with Gasteiger partial charge >= 0.3 is 0 Å². The van der Waals surface area contributed by atoms with Gasteiger partial charge < -0.3 is 4.57 Å². The lowest BCUT2D eigenvalue weighted by molar-refractivity contribution is -0.122. The van der Waals surface area contributed by atoms with Gasteiger partial charge in [0.15, 0.2) is 4.80 Å². The maximum Gasteiger partial charge on any atom is 0.252 e. The van der Waals surface area contributed by atoms with Gasteiger partial charge in [-0.25, -0.2) is 8.42 Å². The van der Waals surface area contributed by atoms with Crippen LogP contribution in [0.4, 0.5) is 0 Å². The lowest BCUT2D eigenvalue weighted by atomic mass is 9.99. The van der Waals surface area contributed by atoms with E-state index in [2.05, 4.69) is 4.99 Å². The highest BCUT2D eigenvalue weighted by Crippen LogP contribution is 2.31. The molecule has 4 rings (SSSR count). The third-order valence-electron chi connectivity index (χ3n) is 5.23. The summed E-state index contributed by atoms with van der Waals surface area (Å²) in [6.45, 7) is 2.44. The Balaban J connectivity index is 1.62. The summed E-state index contributed by atoms with van der Waals surface area (Å²) in [5, 5.41) is 0.663. The fourth-order valence-electron chi connectivity index (χ4n) is 3.62. The van der Waals surface area contributed by atoms with Crippen molar-refractivity contribution in [1.29, 1.82) is 0 Å². The lowest BCUT2D eigenvalue weighted by Crippen LogP contribution is -2.42. The van der Waals surface area contributed by atoms with Crippen molar-refractivity contribution in [3.8, 4) is 0 Å². The number of rotatable bonds is 3. The number of aryl methyl sites for hydroxylation is 2. The molecule has 1 aromatic carbocycles. The molecular formula is C19H19Cl2N3O3S3. The highest BCUT2D eigenvalue weighted by Gasteiger charge is 2.34. The van der Waals surface area contributed by atoms with E-state index in [-0.39, 0.29) is 16.7 Å². The maximum absolute atomic E-state index is 12.9. The summed E-state index contributed by atoms with van der Waals surface area (Å²) in [5.41, 5.74) is 1.88. The Bertz CT molecular complexity index is 1310. The van der Waals surface area contributed by atoms with E-state index >= 15 is 0 Å². The van der Waals surface area contributed by atoms with Crippen molar-refractivity contribution in [2.24, 2.45) is 18.0 Å². The SMILES string of the molecule is Cc1c(Cl)ccc2sc(=NC(=O)C3CCCN(S(=O)(=O)c4ccc(Cl)s4)C3)n(C)c12. The number of amides is 1. The fraction of sp³-hybridized carbons (Fsp3) is 0.368. The van der Waals surface area contributed by atoms with Gasteiger partial charge in [0.25, 0.3) is 15.9 Å². The first-order valence-corrected chi connectivity index (χ1v) is 13.1. The van der Waals surface area contributed by atoms with Crippen LogP contribution in [0.2, 0.25) is 9.36 Å². The summed E-state index contributed by atoms with van der Waals surface area (Å²) in [4.78, 5) is 17.8. The number of benzene rings is 1. The van der Waals surface area contributed by atoms with Crippen LogP contribution in [0.25, 0.3) is 10.2 Å². The van der Waals surface area contributed by atoms with Crippen LogP contribution < -0.4 is 4.80 Å². The number of halogens is 2. The van der Waals surface area contributed by atoms with Crippen molar-refractivity contribution >= 4 is 72.0 Å². The molecule has 0 N–H and O–H groups in total. The number of aromatic nitrogens is 1. The second-order valence-corrected chi connectivity index (χ2v) is 12.5. The molecule has 0 bridgehead atoms. The molecule has 3 heterocycles. The molecule has 1 atom stereocenters. The number of hydrogen-bond acceptors (Lipinski definition) is 5. The molecule has 3 aromatic rings. The Morgan fingerprint density at radius 2 is 1.97 bits per heavy atom. The normalized spacial score (nSPS) is 18.9. The molecule has 1 aliphatic heterocycles. The quantitative estimate of drug-likeness (QED) is 0.530. The Kier molecular flexibility index (Phi) is 6.13. The second-order valence-electron chi connectivity index (χ2n) is 7.17. The van der Waals surface area contributed by atoms with Crippen molar-refractivity contribution in [2.75, 3.05) is 13.1 Å². The molecule has 0 spiro atoms. The molecule has 1 saturated heterocycles. The molecule has 1 amide bonds. The highest BCUT2D eigenvalue weighted by atomic mass is 35.5. The van der Waals surface area contributed by atoms with Crippen molar-refractivity contribution in [3.05, 3.63) is 44.0 Å². The Morgan fingerprint density at radius 1 is 1.20 bits per heavy atom. The fourth-order valence-corrected chi connectivity index (χ4v) is 8.02. The minimum atomic E-state index is -3.66. The van der Waals surface area contributed by atoms with Crippen LogP contribution in [0.1, 0.15) is 18.4 Å². The van der Waals surface area contributed by atoms with Gasteiger partial charge in [0.1, 0.15) is 4.21 Å². The van der Waals surface area contributed by atoms with E-state index in [1.807, 2.05) is 30.7 Å². The zero-order valence-electron chi connectivity index (χ0n) is 16.3. The van der Waals surface area contributed by atoms with E-state index in [1.165, 1.54) is 21.7 Å². The minimum absolute atomic E-state index is 0.125. The number of sulfonamides is 1. The molecule has 11 heteroatoms. The summed E-state index contributed by atoms with van der Waals surface area (Å²) in [7, 11) is -1.81. The number of hydrogen-bond donors (Lipinski definition) is 0. The van der Waals surface area contributed by atoms with Gasteiger partial charge in [-0.15, -0.1) is 11.3 Å². The monoisotopic (exact) mass is 503 g/mol. The Labute approximate surface area is 192 Å². The van der Waals surface area contributed by atoms with Gasteiger partial charge in [0.05, 0.1) is 20.5 Å². The first kappa shape index (κ1) is 22.0. The first-order chi connectivity index (χ1) is 14.2. The number of carbonyl (C=O) groups is 1. The smallest absolute Gasteiger partial charge is 0.252 e. The summed E-state index contributed by atoms with van der Waals surface area (Å²) in [6, 6.07) is 6.82. The largest absolute Gasteiger partial charge is 0.319 e. The van der Waals surface area contributed by atoms with Crippen molar-refractivity contribution in [1.82, 2.24) is 8.87 Å². The van der Waals surface area contributed by atoms with Crippen LogP contribution in [0, 0.1) is 12.8 Å². The molecule has 2 aromatic heterocycles. The molecule has 0 aliphatic carbocycles. The van der Waals surface area contributed by atoms with Crippen LogP contribution in [-0.2, 0) is 21.9 Å². The second kappa shape index (κ2) is 8.37. The average Bonchev–Trinajstić information content (AvgIpc) is 3.29. The van der Waals surface area contributed by atoms with E-state index in [9.17, 15) is 13.2 Å². The predicted octanol–water partition coefficient (Wildman–Crippen LogP) is 4.44. The molecule has 1 fully saturated rings. The number of thiophene rings is 1. The Morgan fingerprint density at radius 3 is 2.67 bits per heavy atom. The van der Waals surface area contributed by atoms with Gasteiger partial charge in [0, 0.05) is 25.2 Å². The van der Waals surface area contributed by atoms with Crippen molar-refractivity contribution in [2.45, 2.75) is 24.0 Å². The third kappa shape index (κ3) is 3.99. The van der Waals surface area contributed by atoms with E-state index in [4.69, 9.17) is 23.2 Å². The van der Waals surface area contributed by atoms with Crippen LogP contribution >= 0.6 is 45.9 Å². The van der Waals surface area contributed by atoms with Crippen LogP contribution in [0.5, 0.6) is 0 Å². The molecular weight excluding hydrogens is 485 g/mol. The molecule has 1 unspecified atom stereocenters. The number of fused-ring (bicyclic) bond motifs is 1. The maximum atomic E-state index is 12.9. The van der Waals surface area contributed by atoms with E-state index in [1.54, 1.807) is 6.07 Å². The minimum Gasteiger partial charge on any atom is -0.319 e. The van der Waals surface area contributed by atoms with E-state index < -0.39 is 15.9 Å². The van der Waals surface area contributed by atoms with Gasteiger partial charge in [-0.05, 0) is 49.6 Å². The summed E-state index contributed by atoms with van der Waals surface area (Å²) in [6.07, 6.45) is 1.22. The summed E-state index contributed by atoms with van der Waals surface area (Å²) >= 11 is 14.6. The van der Waals surface area contributed by atoms with Gasteiger partial charge in [-0.3, -0.25) is 4.79 Å². The van der Waals surface area contributed by atoms with Gasteiger partial charge in [-0.1, -0.05) is 34.5 Å². The zero-order chi connectivity index (χ0) is 21.6. The zero-order valence-corrected chi connectivity index (χ0v) is 20.2. The number of nitrogens with zero attached hydrogens (tertiary/aromatic N) is 3. The summed E-state index contributed by atoms with van der Waals surface area (Å²) in [5.74, 6) is -0.774. The molecule has 160 valence electrons. The number of piperidine rings is 1. The molecule has 0 saturated carbocycles. The number of thiazole rings is 1. The van der Waals surface area contributed by atoms with Crippen molar-refractivity contribution in [3.63, 3.8) is 0 Å². The standard InChI is InChI=1S/C19H19Cl2N3O3S3/c1-11-13(20)5-6-14-17(11)23(2)19(28-14)22-18(25)12-4-3-9-24(10-12)30(26,27)16-8-7-15(21)29-16/h5-8,12H,3-4,9-10H2,1-2H3. The summed E-state index contributed by atoms with van der Waals surface area (Å²) < 4.78 is 30.6. The average molecular weight is 504 g/mol. The van der Waals surface area contributed by atoms with Gasteiger partial charge in [-0.2, -0.15) is 9.30 Å². The van der Waals surface area contributed by atoms with Crippen LogP contribution in [-0.4, -0.2) is 36.3 Å². The molecule has 30 heavy (non-hydrogen) atoms. The molecule has 0 radical (unpaired) electrons. The Hall–Kier alpha value is -1.23. The van der Waals surface area contributed by atoms with Crippen LogP contribution in [0.3, 0.4) is 0 Å². The third-order valence-corrected chi connectivity index (χ3v) is 10.3. The predicted molar refractivity (Wildman–Crippen MR) is 122 cm³/mol. The van der Waals surface area contributed by atoms with E-state index in [0.29, 0.717) is 33.5 Å². The van der Waals surface area contributed by atoms with Gasteiger partial charge in [0.2, 0.25) is 0 Å². The van der Waals surface area contributed by atoms with Crippen molar-refractivity contribution < 1.29 is 13.2 Å². The number of carbonyl (C=O) groups excluding carboxylic acids is 1. The van der Waals surface area contributed by atoms with E-state index in [0.717, 1.165) is 27.1 Å². The lowest BCUT2D eigenvalue weighted by Gasteiger charge is -2.29. The van der Waals surface area contributed by atoms with Crippen LogP contribution in [0.15, 0.2) is 33.5 Å². The first-order valence-electron chi connectivity index (χ1n) is 9.27.